The number of ether oxygens (including phenoxy) is 5. The molecule has 0 spiro atoms. The normalized spacial score (nSPS) is 35.5. The van der Waals surface area contributed by atoms with Gasteiger partial charge in [-0.25, -0.2) is 4.79 Å². The number of nitrogens with two attached hydrogens (primary N) is 1. The van der Waals surface area contributed by atoms with Crippen LogP contribution in [0, 0.1) is 17.8 Å². The van der Waals surface area contributed by atoms with Gasteiger partial charge in [0.1, 0.15) is 23.8 Å². The van der Waals surface area contributed by atoms with E-state index >= 15 is 0 Å². The van der Waals surface area contributed by atoms with Crippen molar-refractivity contribution in [2.24, 2.45) is 17.8 Å². The molecule has 3 aliphatic rings. The largest absolute Gasteiger partial charge is 0.480 e. The first-order valence-corrected chi connectivity index (χ1v) is 21.5. The summed E-state index contributed by atoms with van der Waals surface area (Å²) in [6.07, 6.45) is -1.16. The van der Waals surface area contributed by atoms with E-state index in [1.165, 1.54) is 14.0 Å². The maximum absolute atomic E-state index is 14.4. The lowest BCUT2D eigenvalue weighted by Gasteiger charge is -2.46. The Morgan fingerprint density at radius 3 is 2.51 bits per heavy atom. The number of anilines is 1. The number of nitrogens with one attached hydrogen (secondary N) is 2. The van der Waals surface area contributed by atoms with Crippen molar-refractivity contribution in [3.05, 3.63) is 30.5 Å². The zero-order valence-electron chi connectivity index (χ0n) is 37.0. The van der Waals surface area contributed by atoms with Crippen LogP contribution in [0.1, 0.15) is 87.5 Å². The molecule has 3 aliphatic heterocycles. The maximum atomic E-state index is 14.4. The minimum atomic E-state index is -1.27. The summed E-state index contributed by atoms with van der Waals surface area (Å²) in [5.41, 5.74) is 5.76. The number of aliphatic hydroxyl groups is 1. The fraction of sp³-hybridized carbons (Fsp3) is 0.721. The first-order valence-electron chi connectivity index (χ1n) is 21.5. The van der Waals surface area contributed by atoms with Gasteiger partial charge in [0.15, 0.2) is 17.7 Å². The molecule has 2 aromatic rings. The predicted molar refractivity (Wildman–Crippen MR) is 224 cm³/mol. The number of nitrogens with zero attached hydrogens (tertiary/aromatic N) is 4. The molecule has 0 radical (unpaired) electrons. The Morgan fingerprint density at radius 1 is 1.11 bits per heavy atom. The van der Waals surface area contributed by atoms with Gasteiger partial charge in [-0.15, -0.1) is 5.10 Å². The second-order valence-electron chi connectivity index (χ2n) is 17.6. The number of aromatic nitrogens is 3. The van der Waals surface area contributed by atoms with Gasteiger partial charge in [-0.2, -0.15) is 0 Å². The van der Waals surface area contributed by atoms with Gasteiger partial charge >= 0.3 is 18.0 Å². The first-order chi connectivity index (χ1) is 28.8. The van der Waals surface area contributed by atoms with Crippen LogP contribution in [-0.2, 0) is 44.6 Å². The van der Waals surface area contributed by atoms with E-state index < -0.39 is 89.6 Å². The predicted octanol–water partition coefficient (Wildman–Crippen LogP) is 3.40. The number of fused-ring (bicyclic) bond motifs is 1. The van der Waals surface area contributed by atoms with Gasteiger partial charge in [-0.3, -0.25) is 24.0 Å². The number of aryl methyl sites for hydroxylation is 1. The molecule has 13 atom stereocenters. The lowest BCUT2D eigenvalue weighted by molar-refractivity contribution is -0.290. The number of aliphatic hydroxyl groups excluding tert-OH is 1. The molecular formula is C43H67N7O11. The molecule has 18 nitrogen and oxygen atoms in total. The average Bonchev–Trinajstić information content (AvgIpc) is 3.80. The molecule has 0 saturated carbocycles. The SMILES string of the molecule is CC[C@H]1OC(=O)[C@H](C)C(=O)[C@H](C)[C@@H](O[C@@H]2OC(C)CC(NCC(=O)O)C2O)[C@](C)(OC)C[C@@H](C)CN[C@H](C)[C@H]2N(CCCCn3cc(-c4cccc(N)c4)nn3)C(=O)O[C@]12C. The number of Topliss-reactive ketones (excluding diaryl/α,β-unsaturated/α-hetero) is 1. The number of cyclic esters (lactones) is 1. The fourth-order valence-corrected chi connectivity index (χ4v) is 9.38. The molecule has 1 amide bonds. The van der Waals surface area contributed by atoms with Crippen molar-refractivity contribution in [2.45, 2.75) is 154 Å². The number of ketones is 1. The van der Waals surface area contributed by atoms with Crippen LogP contribution in [-0.4, -0.2) is 141 Å². The van der Waals surface area contributed by atoms with Crippen LogP contribution in [0.5, 0.6) is 0 Å². The van der Waals surface area contributed by atoms with Crippen LogP contribution in [0.15, 0.2) is 30.5 Å². The quantitative estimate of drug-likeness (QED) is 0.0840. The lowest BCUT2D eigenvalue weighted by atomic mass is 9.78. The highest BCUT2D eigenvalue weighted by Crippen LogP contribution is 2.40. The summed E-state index contributed by atoms with van der Waals surface area (Å²) in [7, 11) is 1.53. The first kappa shape index (κ1) is 47.8. The number of hydrogen-bond donors (Lipinski definition) is 5. The molecule has 5 rings (SSSR count). The third kappa shape index (κ3) is 11.1. The molecule has 3 saturated heterocycles. The second kappa shape index (κ2) is 20.3. The van der Waals surface area contributed by atoms with Crippen molar-refractivity contribution in [3.8, 4) is 11.3 Å². The van der Waals surface area contributed by atoms with Crippen molar-refractivity contribution < 1.29 is 53.1 Å². The van der Waals surface area contributed by atoms with Gasteiger partial charge in [-0.05, 0) is 91.3 Å². The van der Waals surface area contributed by atoms with Crippen LogP contribution >= 0.6 is 0 Å². The van der Waals surface area contributed by atoms with Gasteiger partial charge in [-0.1, -0.05) is 38.1 Å². The molecule has 0 bridgehead atoms. The molecule has 1 aromatic heterocycles. The number of esters is 1. The van der Waals surface area contributed by atoms with Crippen molar-refractivity contribution in [1.82, 2.24) is 30.5 Å². The Labute approximate surface area is 358 Å². The zero-order chi connectivity index (χ0) is 44.8. The number of unbranched alkanes of at least 4 members (excludes halogenated alkanes) is 1. The molecule has 1 aromatic carbocycles. The third-order valence-corrected chi connectivity index (χ3v) is 12.7. The summed E-state index contributed by atoms with van der Waals surface area (Å²) < 4.78 is 33.0. The highest BCUT2D eigenvalue weighted by atomic mass is 16.7. The van der Waals surface area contributed by atoms with Gasteiger partial charge in [0.25, 0.3) is 0 Å². The van der Waals surface area contributed by atoms with E-state index in [4.69, 9.17) is 29.4 Å². The molecule has 3 unspecified atom stereocenters. The molecule has 61 heavy (non-hydrogen) atoms. The van der Waals surface area contributed by atoms with Gasteiger partial charge < -0.3 is 50.3 Å². The summed E-state index contributed by atoms with van der Waals surface area (Å²) in [5.74, 6) is -4.61. The number of carboxylic acid groups (broad SMARTS) is 1. The Morgan fingerprint density at radius 2 is 1.84 bits per heavy atom. The Kier molecular flexibility index (Phi) is 15.9. The van der Waals surface area contributed by atoms with Gasteiger partial charge in [0.2, 0.25) is 0 Å². The number of amides is 1. The minimum absolute atomic E-state index is 0.0815. The van der Waals surface area contributed by atoms with E-state index in [9.17, 15) is 29.4 Å². The number of benzene rings is 1. The number of carbonyl (C=O) groups excluding carboxylic acids is 3. The zero-order valence-corrected chi connectivity index (χ0v) is 37.0. The molecule has 18 heteroatoms. The number of hydrogen-bond acceptors (Lipinski definition) is 15. The average molecular weight is 858 g/mol. The third-order valence-electron chi connectivity index (χ3n) is 12.7. The smallest absolute Gasteiger partial charge is 0.410 e. The molecular weight excluding hydrogens is 791 g/mol. The van der Waals surface area contributed by atoms with Crippen molar-refractivity contribution in [2.75, 3.05) is 32.5 Å². The standard InChI is InChI=1S/C43H67N7O11/c1-10-33-43(8)37(50(41(56)61-43)17-12-11-16-49-23-32(47-48-49)29-14-13-15-30(44)19-29)28(6)45-21-24(2)20-42(7,57-9)38(26(4)35(53)27(5)39(55)59-33)60-40-36(54)31(18-25(3)58-40)46-22-34(51)52/h13-15,19,23-28,31,33,36-38,40,45-46,54H,10-12,16-18,20-22,44H2,1-9H3,(H,51,52)/t24-,25?,26+,27-,28-,31?,33-,36?,37-,38-,40+,42-,43-/m1/s1. The Balaban J connectivity index is 1.37. The minimum Gasteiger partial charge on any atom is -0.480 e. The number of methoxy groups -OCH3 is 1. The van der Waals surface area contributed by atoms with E-state index in [-0.39, 0.29) is 18.5 Å². The van der Waals surface area contributed by atoms with Crippen LogP contribution in [0.25, 0.3) is 11.3 Å². The number of rotatable bonds is 13. The Hall–Kier alpha value is -4.20. The lowest BCUT2D eigenvalue weighted by Crippen LogP contribution is -2.61. The fourth-order valence-electron chi connectivity index (χ4n) is 9.38. The summed E-state index contributed by atoms with van der Waals surface area (Å²) in [6.45, 7) is 15.5. The molecule has 340 valence electrons. The van der Waals surface area contributed by atoms with E-state index in [0.29, 0.717) is 63.1 Å². The number of carboxylic acids is 1. The van der Waals surface area contributed by atoms with Crippen molar-refractivity contribution in [3.63, 3.8) is 0 Å². The monoisotopic (exact) mass is 857 g/mol. The molecule has 3 fully saturated rings. The summed E-state index contributed by atoms with van der Waals surface area (Å²) in [5, 5.41) is 35.7. The van der Waals surface area contributed by atoms with Crippen LogP contribution in [0.2, 0.25) is 0 Å². The van der Waals surface area contributed by atoms with Gasteiger partial charge in [0.05, 0.1) is 36.6 Å². The molecule has 6 N–H and O–H groups in total. The Bertz CT molecular complexity index is 1830. The summed E-state index contributed by atoms with van der Waals surface area (Å²) in [6, 6.07) is 5.89. The van der Waals surface area contributed by atoms with E-state index in [0.717, 1.165) is 5.56 Å². The topological polar surface area (TPSA) is 239 Å². The molecule has 0 aliphatic carbocycles. The van der Waals surface area contributed by atoms with Crippen LogP contribution in [0.4, 0.5) is 10.5 Å². The summed E-state index contributed by atoms with van der Waals surface area (Å²) in [4.78, 5) is 55.3. The summed E-state index contributed by atoms with van der Waals surface area (Å²) >= 11 is 0. The number of carbonyl (C=O) groups is 4. The van der Waals surface area contributed by atoms with E-state index in [2.05, 4.69) is 20.9 Å². The van der Waals surface area contributed by atoms with E-state index in [1.54, 1.807) is 30.4 Å². The van der Waals surface area contributed by atoms with Gasteiger partial charge in [0, 0.05) is 49.5 Å². The maximum Gasteiger partial charge on any atom is 0.410 e. The van der Waals surface area contributed by atoms with Crippen LogP contribution < -0.4 is 16.4 Å². The van der Waals surface area contributed by atoms with Crippen molar-refractivity contribution in [1.29, 1.82) is 0 Å². The van der Waals surface area contributed by atoms with E-state index in [1.807, 2.05) is 58.2 Å². The molecule has 4 heterocycles. The van der Waals surface area contributed by atoms with Crippen LogP contribution in [0.3, 0.4) is 0 Å². The van der Waals surface area contributed by atoms with Crippen molar-refractivity contribution >= 4 is 29.5 Å². The second-order valence-corrected chi connectivity index (χ2v) is 17.6. The highest BCUT2D eigenvalue weighted by Gasteiger charge is 2.58. The highest BCUT2D eigenvalue weighted by molar-refractivity contribution is 6.00. The number of aliphatic carboxylic acids is 1. The number of nitrogen functional groups attached to an aromatic ring is 1.